The first-order valence-electron chi connectivity index (χ1n) is 16.6. The van der Waals surface area contributed by atoms with Crippen molar-refractivity contribution < 1.29 is 0 Å². The van der Waals surface area contributed by atoms with Crippen LogP contribution in [0.15, 0.2) is 176 Å². The second-order valence-electron chi connectivity index (χ2n) is 12.5. The van der Waals surface area contributed by atoms with Gasteiger partial charge >= 0.3 is 0 Å². The molecule has 0 unspecified atom stereocenters. The van der Waals surface area contributed by atoms with Gasteiger partial charge in [-0.25, -0.2) is 0 Å². The molecule has 8 aromatic carbocycles. The molecule has 0 saturated heterocycles. The van der Waals surface area contributed by atoms with Gasteiger partial charge in [0.2, 0.25) is 0 Å². The van der Waals surface area contributed by atoms with Crippen LogP contribution in [0.4, 0.5) is 17.1 Å². The predicted molar refractivity (Wildman–Crippen MR) is 215 cm³/mol. The molecule has 0 N–H and O–H groups in total. The Kier molecular flexibility index (Phi) is 6.61. The Bertz CT molecular complexity index is 2830. The molecule has 0 aliphatic rings. The average Bonchev–Trinajstić information content (AvgIpc) is 3.74. The second kappa shape index (κ2) is 11.5. The first-order valence-corrected chi connectivity index (χ1v) is 18.2. The molecule has 2 heterocycles. The molecule has 230 valence electrons. The van der Waals surface area contributed by atoms with Gasteiger partial charge in [0, 0.05) is 51.6 Å². The predicted octanol–water partition coefficient (Wildman–Crippen LogP) is 14.4. The Morgan fingerprint density at radius 2 is 0.918 bits per heavy atom. The lowest BCUT2D eigenvalue weighted by Crippen LogP contribution is -2.11. The van der Waals surface area contributed by atoms with E-state index >= 15 is 0 Å². The molecular formula is C46H29NS2. The highest BCUT2D eigenvalue weighted by Crippen LogP contribution is 2.48. The molecule has 0 atom stereocenters. The van der Waals surface area contributed by atoms with Gasteiger partial charge in [-0.2, -0.15) is 0 Å². The lowest BCUT2D eigenvalue weighted by atomic mass is 9.97. The summed E-state index contributed by atoms with van der Waals surface area (Å²) in [6.07, 6.45) is 0. The van der Waals surface area contributed by atoms with Crippen molar-refractivity contribution in [2.45, 2.75) is 0 Å². The van der Waals surface area contributed by atoms with Gasteiger partial charge in [0.05, 0.1) is 11.4 Å². The van der Waals surface area contributed by atoms with E-state index in [4.69, 9.17) is 0 Å². The third-order valence-electron chi connectivity index (χ3n) is 9.68. The molecule has 0 bridgehead atoms. The SMILES string of the molecule is c1ccc(N(c2ccc(-c3cccc4ccccc34)cc2)c2cccc3sc4ccccc4c23)c(-c2ccc3c(c2)sc2ccccc23)c1. The van der Waals surface area contributed by atoms with Crippen LogP contribution in [-0.2, 0) is 0 Å². The van der Waals surface area contributed by atoms with Crippen LogP contribution in [0.25, 0.3) is 73.4 Å². The van der Waals surface area contributed by atoms with Crippen LogP contribution >= 0.6 is 22.7 Å². The molecule has 3 heteroatoms. The summed E-state index contributed by atoms with van der Waals surface area (Å²) in [5.41, 5.74) is 8.35. The molecule has 0 saturated carbocycles. The fourth-order valence-electron chi connectivity index (χ4n) is 7.42. The van der Waals surface area contributed by atoms with Crippen LogP contribution in [-0.4, -0.2) is 0 Å². The second-order valence-corrected chi connectivity index (χ2v) is 14.7. The first-order chi connectivity index (χ1) is 24.3. The van der Waals surface area contributed by atoms with Gasteiger partial charge in [-0.05, 0) is 76.0 Å². The van der Waals surface area contributed by atoms with E-state index in [1.54, 1.807) is 0 Å². The van der Waals surface area contributed by atoms with Crippen molar-refractivity contribution in [3.63, 3.8) is 0 Å². The summed E-state index contributed by atoms with van der Waals surface area (Å²) in [5.74, 6) is 0. The number of rotatable bonds is 5. The van der Waals surface area contributed by atoms with E-state index in [0.29, 0.717) is 0 Å². The molecule has 10 aromatic rings. The first kappa shape index (κ1) is 28.3. The molecule has 0 aliphatic heterocycles. The standard InChI is InChI=1S/C46H29NS2/c1-2-13-34-30(11-1)12-9-17-35(34)31-23-26-33(27-24-31)47(41-19-10-22-44-46(41)39-16-5-8-21-43(39)48-44)40-18-6-3-14-36(40)32-25-28-38-37-15-4-7-20-42(37)49-45(38)29-32/h1-29H. The smallest absolute Gasteiger partial charge is 0.0555 e. The maximum Gasteiger partial charge on any atom is 0.0555 e. The zero-order valence-electron chi connectivity index (χ0n) is 26.5. The number of hydrogen-bond donors (Lipinski definition) is 0. The Labute approximate surface area is 292 Å². The molecule has 0 radical (unpaired) electrons. The number of benzene rings is 8. The Morgan fingerprint density at radius 1 is 0.347 bits per heavy atom. The number of nitrogens with zero attached hydrogens (tertiary/aromatic N) is 1. The number of hydrogen-bond acceptors (Lipinski definition) is 3. The van der Waals surface area contributed by atoms with Gasteiger partial charge in [-0.1, -0.05) is 127 Å². The fraction of sp³-hybridized carbons (Fsp3) is 0. The van der Waals surface area contributed by atoms with E-state index < -0.39 is 0 Å². The molecule has 0 amide bonds. The van der Waals surface area contributed by atoms with Crippen molar-refractivity contribution in [1.29, 1.82) is 0 Å². The van der Waals surface area contributed by atoms with Crippen LogP contribution < -0.4 is 4.90 Å². The van der Waals surface area contributed by atoms with E-state index in [2.05, 4.69) is 181 Å². The summed E-state index contributed by atoms with van der Waals surface area (Å²) in [7, 11) is 0. The van der Waals surface area contributed by atoms with Gasteiger partial charge in [-0.15, -0.1) is 22.7 Å². The summed E-state index contributed by atoms with van der Waals surface area (Å²) in [6, 6.07) is 64.5. The zero-order chi connectivity index (χ0) is 32.3. The van der Waals surface area contributed by atoms with E-state index in [1.165, 1.54) is 79.1 Å². The van der Waals surface area contributed by atoms with Crippen molar-refractivity contribution in [1.82, 2.24) is 0 Å². The van der Waals surface area contributed by atoms with Gasteiger partial charge in [0.15, 0.2) is 0 Å². The van der Waals surface area contributed by atoms with Crippen molar-refractivity contribution in [2.75, 3.05) is 4.90 Å². The van der Waals surface area contributed by atoms with E-state index in [1.807, 2.05) is 22.7 Å². The molecule has 0 spiro atoms. The van der Waals surface area contributed by atoms with E-state index in [9.17, 15) is 0 Å². The summed E-state index contributed by atoms with van der Waals surface area (Å²) in [4.78, 5) is 2.47. The molecule has 1 nitrogen and oxygen atoms in total. The van der Waals surface area contributed by atoms with Crippen molar-refractivity contribution in [3.8, 4) is 22.3 Å². The van der Waals surface area contributed by atoms with Crippen molar-refractivity contribution >= 4 is 90.9 Å². The molecule has 10 rings (SSSR count). The lowest BCUT2D eigenvalue weighted by Gasteiger charge is -2.29. The van der Waals surface area contributed by atoms with Crippen molar-refractivity contribution in [3.05, 3.63) is 176 Å². The van der Waals surface area contributed by atoms with Gasteiger partial charge in [0.25, 0.3) is 0 Å². The molecule has 0 fully saturated rings. The summed E-state index contributed by atoms with van der Waals surface area (Å²) >= 11 is 3.73. The average molecular weight is 660 g/mol. The van der Waals surface area contributed by atoms with Crippen LogP contribution in [0.5, 0.6) is 0 Å². The monoisotopic (exact) mass is 659 g/mol. The number of thiophene rings is 2. The van der Waals surface area contributed by atoms with Crippen LogP contribution in [0.2, 0.25) is 0 Å². The van der Waals surface area contributed by atoms with E-state index in [0.717, 1.165) is 11.4 Å². The van der Waals surface area contributed by atoms with Gasteiger partial charge < -0.3 is 4.90 Å². The van der Waals surface area contributed by atoms with E-state index in [-0.39, 0.29) is 0 Å². The van der Waals surface area contributed by atoms with Crippen molar-refractivity contribution in [2.24, 2.45) is 0 Å². The maximum absolute atomic E-state index is 2.47. The molecule has 49 heavy (non-hydrogen) atoms. The quantitative estimate of drug-likeness (QED) is 0.178. The Balaban J connectivity index is 1.19. The summed E-state index contributed by atoms with van der Waals surface area (Å²) in [6.45, 7) is 0. The van der Waals surface area contributed by atoms with Crippen LogP contribution in [0.1, 0.15) is 0 Å². The highest BCUT2D eigenvalue weighted by atomic mass is 32.1. The fourth-order valence-corrected chi connectivity index (χ4v) is 9.70. The largest absolute Gasteiger partial charge is 0.309 e. The van der Waals surface area contributed by atoms with Crippen LogP contribution in [0.3, 0.4) is 0 Å². The minimum atomic E-state index is 1.13. The topological polar surface area (TPSA) is 3.24 Å². The van der Waals surface area contributed by atoms with Gasteiger partial charge in [0.1, 0.15) is 0 Å². The number of anilines is 3. The Hall–Kier alpha value is -5.74. The number of para-hydroxylation sites is 1. The normalized spacial score (nSPS) is 11.7. The summed E-state index contributed by atoms with van der Waals surface area (Å²) < 4.78 is 5.23. The molecule has 0 aliphatic carbocycles. The minimum absolute atomic E-state index is 1.13. The number of fused-ring (bicyclic) bond motifs is 7. The maximum atomic E-state index is 2.47. The molecular weight excluding hydrogens is 631 g/mol. The highest BCUT2D eigenvalue weighted by Gasteiger charge is 2.21. The lowest BCUT2D eigenvalue weighted by molar-refractivity contribution is 1.30. The van der Waals surface area contributed by atoms with Gasteiger partial charge in [-0.3, -0.25) is 0 Å². The van der Waals surface area contributed by atoms with Crippen LogP contribution in [0, 0.1) is 0 Å². The summed E-state index contributed by atoms with van der Waals surface area (Å²) in [5, 5.41) is 7.75. The zero-order valence-corrected chi connectivity index (χ0v) is 28.1. The Morgan fingerprint density at radius 3 is 1.80 bits per heavy atom. The third kappa shape index (κ3) is 4.66. The molecule has 2 aromatic heterocycles. The highest BCUT2D eigenvalue weighted by molar-refractivity contribution is 7.26. The minimum Gasteiger partial charge on any atom is -0.309 e. The third-order valence-corrected chi connectivity index (χ3v) is 12.0.